The standard InChI is InChI=1S/C15H13NO2S/c17-15(18)14-11(13-7-4-8-19-13)9-12(16-14)10-5-2-1-3-6-10/h1-8,11,14H,9H2,(H,17,18)/t11-,14-/m0/s1. The predicted molar refractivity (Wildman–Crippen MR) is 76.1 cm³/mol. The molecular weight excluding hydrogens is 258 g/mol. The first-order valence-corrected chi connectivity index (χ1v) is 7.02. The summed E-state index contributed by atoms with van der Waals surface area (Å²) in [6.07, 6.45) is 0.696. The Morgan fingerprint density at radius 3 is 2.63 bits per heavy atom. The van der Waals surface area contributed by atoms with E-state index >= 15 is 0 Å². The zero-order valence-electron chi connectivity index (χ0n) is 10.2. The van der Waals surface area contributed by atoms with Crippen LogP contribution < -0.4 is 0 Å². The molecule has 3 rings (SSSR count). The third-order valence-electron chi connectivity index (χ3n) is 3.36. The van der Waals surface area contributed by atoms with E-state index in [1.54, 1.807) is 11.3 Å². The Balaban J connectivity index is 1.94. The molecule has 0 saturated carbocycles. The first-order valence-electron chi connectivity index (χ1n) is 6.14. The van der Waals surface area contributed by atoms with Gasteiger partial charge in [0.15, 0.2) is 6.04 Å². The van der Waals surface area contributed by atoms with E-state index in [4.69, 9.17) is 0 Å². The second kappa shape index (κ2) is 4.97. The van der Waals surface area contributed by atoms with Gasteiger partial charge in [0, 0.05) is 22.9 Å². The molecule has 0 unspecified atom stereocenters. The molecule has 4 heteroatoms. The third kappa shape index (κ3) is 2.31. The number of carbonyl (C=O) groups is 1. The van der Waals surface area contributed by atoms with Crippen LogP contribution in [0.5, 0.6) is 0 Å². The van der Waals surface area contributed by atoms with Crippen molar-refractivity contribution in [3.05, 3.63) is 58.3 Å². The monoisotopic (exact) mass is 271 g/mol. The molecule has 1 aromatic carbocycles. The highest BCUT2D eigenvalue weighted by molar-refractivity contribution is 7.10. The Morgan fingerprint density at radius 2 is 2.00 bits per heavy atom. The van der Waals surface area contributed by atoms with Crippen molar-refractivity contribution < 1.29 is 9.90 Å². The normalized spacial score (nSPS) is 22.2. The molecule has 0 saturated heterocycles. The molecule has 3 nitrogen and oxygen atoms in total. The fourth-order valence-corrected chi connectivity index (χ4v) is 3.30. The molecule has 0 radical (unpaired) electrons. The van der Waals surface area contributed by atoms with Crippen LogP contribution in [0.25, 0.3) is 0 Å². The highest BCUT2D eigenvalue weighted by atomic mass is 32.1. The summed E-state index contributed by atoms with van der Waals surface area (Å²) in [4.78, 5) is 16.9. The summed E-state index contributed by atoms with van der Waals surface area (Å²) in [7, 11) is 0. The molecule has 96 valence electrons. The van der Waals surface area contributed by atoms with Crippen LogP contribution >= 0.6 is 11.3 Å². The SMILES string of the molecule is O=C(O)[C@H]1N=C(c2ccccc2)C[C@H]1c1cccs1. The highest BCUT2D eigenvalue weighted by Gasteiger charge is 2.36. The van der Waals surface area contributed by atoms with Crippen LogP contribution in [0.2, 0.25) is 0 Å². The van der Waals surface area contributed by atoms with Gasteiger partial charge in [-0.15, -0.1) is 11.3 Å². The number of aliphatic carboxylic acids is 1. The van der Waals surface area contributed by atoms with E-state index in [2.05, 4.69) is 4.99 Å². The topological polar surface area (TPSA) is 49.7 Å². The number of nitrogens with zero attached hydrogens (tertiary/aromatic N) is 1. The molecule has 1 aliphatic rings. The van der Waals surface area contributed by atoms with Crippen molar-refractivity contribution in [2.45, 2.75) is 18.4 Å². The number of carboxylic acid groups (broad SMARTS) is 1. The molecular formula is C15H13NO2S. The molecule has 19 heavy (non-hydrogen) atoms. The number of hydrogen-bond acceptors (Lipinski definition) is 3. The van der Waals surface area contributed by atoms with Gasteiger partial charge in [0.1, 0.15) is 0 Å². The van der Waals surface area contributed by atoms with Crippen molar-refractivity contribution in [3.8, 4) is 0 Å². The fourth-order valence-electron chi connectivity index (χ4n) is 2.44. The van der Waals surface area contributed by atoms with Crippen LogP contribution in [0.3, 0.4) is 0 Å². The quantitative estimate of drug-likeness (QED) is 0.932. The number of aliphatic imine (C=N–C) groups is 1. The summed E-state index contributed by atoms with van der Waals surface area (Å²) >= 11 is 1.60. The summed E-state index contributed by atoms with van der Waals surface area (Å²) < 4.78 is 0. The first kappa shape index (κ1) is 12.1. The minimum Gasteiger partial charge on any atom is -0.480 e. The number of hydrogen-bond donors (Lipinski definition) is 1. The van der Waals surface area contributed by atoms with Crippen molar-refractivity contribution >= 4 is 23.0 Å². The molecule has 0 amide bonds. The fraction of sp³-hybridized carbons (Fsp3) is 0.200. The maximum Gasteiger partial charge on any atom is 0.329 e. The molecule has 2 heterocycles. The van der Waals surface area contributed by atoms with Gasteiger partial charge in [-0.3, -0.25) is 4.99 Å². The minimum absolute atomic E-state index is 0.0345. The van der Waals surface area contributed by atoms with Crippen molar-refractivity contribution in [1.82, 2.24) is 0 Å². The number of carboxylic acids is 1. The summed E-state index contributed by atoms with van der Waals surface area (Å²) in [5.41, 5.74) is 1.92. The van der Waals surface area contributed by atoms with Gasteiger partial charge in [0.05, 0.1) is 0 Å². The highest BCUT2D eigenvalue weighted by Crippen LogP contribution is 2.36. The van der Waals surface area contributed by atoms with Gasteiger partial charge >= 0.3 is 5.97 Å². The maximum atomic E-state index is 11.4. The number of thiophene rings is 1. The Bertz CT molecular complexity index is 604. The average Bonchev–Trinajstić information content (AvgIpc) is 3.08. The molecule has 0 bridgehead atoms. The number of benzene rings is 1. The van der Waals surface area contributed by atoms with Crippen LogP contribution in [0.1, 0.15) is 22.8 Å². The van der Waals surface area contributed by atoms with Crippen molar-refractivity contribution in [1.29, 1.82) is 0 Å². The van der Waals surface area contributed by atoms with Gasteiger partial charge in [-0.25, -0.2) is 4.79 Å². The third-order valence-corrected chi connectivity index (χ3v) is 4.36. The lowest BCUT2D eigenvalue weighted by atomic mass is 9.94. The summed E-state index contributed by atoms with van der Waals surface area (Å²) in [6, 6.07) is 13.1. The van der Waals surface area contributed by atoms with Crippen molar-refractivity contribution in [2.24, 2.45) is 4.99 Å². The van der Waals surface area contributed by atoms with Crippen LogP contribution in [-0.4, -0.2) is 22.8 Å². The largest absolute Gasteiger partial charge is 0.480 e. The molecule has 1 aliphatic heterocycles. The average molecular weight is 271 g/mol. The Hall–Kier alpha value is -1.94. The van der Waals surface area contributed by atoms with E-state index in [1.807, 2.05) is 47.8 Å². The van der Waals surface area contributed by atoms with Gasteiger partial charge in [-0.1, -0.05) is 36.4 Å². The zero-order valence-corrected chi connectivity index (χ0v) is 11.0. The molecule has 1 aromatic heterocycles. The molecule has 1 N–H and O–H groups in total. The summed E-state index contributed by atoms with van der Waals surface area (Å²) in [5, 5.41) is 11.3. The predicted octanol–water partition coefficient (Wildman–Crippen LogP) is 3.18. The van der Waals surface area contributed by atoms with E-state index in [1.165, 1.54) is 0 Å². The lowest BCUT2D eigenvalue weighted by Gasteiger charge is -2.11. The molecule has 0 fully saturated rings. The Kier molecular flexibility index (Phi) is 3.17. The van der Waals surface area contributed by atoms with Crippen LogP contribution in [0.15, 0.2) is 52.8 Å². The van der Waals surface area contributed by atoms with Gasteiger partial charge in [-0.05, 0) is 17.0 Å². The molecule has 0 aliphatic carbocycles. The van der Waals surface area contributed by atoms with E-state index in [9.17, 15) is 9.90 Å². The lowest BCUT2D eigenvalue weighted by Crippen LogP contribution is -2.21. The molecule has 2 aromatic rings. The lowest BCUT2D eigenvalue weighted by molar-refractivity contribution is -0.138. The van der Waals surface area contributed by atoms with E-state index in [0.717, 1.165) is 16.2 Å². The van der Waals surface area contributed by atoms with Crippen LogP contribution in [0, 0.1) is 0 Å². The summed E-state index contributed by atoms with van der Waals surface area (Å²) in [6.45, 7) is 0. The smallest absolute Gasteiger partial charge is 0.329 e. The summed E-state index contributed by atoms with van der Waals surface area (Å²) in [5.74, 6) is -0.878. The van der Waals surface area contributed by atoms with Gasteiger partial charge in [-0.2, -0.15) is 0 Å². The second-order valence-corrected chi connectivity index (χ2v) is 5.53. The van der Waals surface area contributed by atoms with Crippen LogP contribution in [-0.2, 0) is 4.79 Å². The molecule has 0 spiro atoms. The second-order valence-electron chi connectivity index (χ2n) is 4.55. The Morgan fingerprint density at radius 1 is 1.21 bits per heavy atom. The van der Waals surface area contributed by atoms with Gasteiger partial charge < -0.3 is 5.11 Å². The Labute approximate surface area is 115 Å². The van der Waals surface area contributed by atoms with Crippen molar-refractivity contribution in [2.75, 3.05) is 0 Å². The van der Waals surface area contributed by atoms with E-state index in [0.29, 0.717) is 6.42 Å². The van der Waals surface area contributed by atoms with Gasteiger partial charge in [0.25, 0.3) is 0 Å². The van der Waals surface area contributed by atoms with E-state index in [-0.39, 0.29) is 5.92 Å². The molecule has 2 atom stereocenters. The van der Waals surface area contributed by atoms with Crippen LogP contribution in [0.4, 0.5) is 0 Å². The van der Waals surface area contributed by atoms with Crippen molar-refractivity contribution in [3.63, 3.8) is 0 Å². The zero-order chi connectivity index (χ0) is 13.2. The van der Waals surface area contributed by atoms with E-state index < -0.39 is 12.0 Å². The minimum atomic E-state index is -0.843. The van der Waals surface area contributed by atoms with Gasteiger partial charge in [0.2, 0.25) is 0 Å². The number of rotatable bonds is 3. The maximum absolute atomic E-state index is 11.4. The first-order chi connectivity index (χ1) is 9.25.